The van der Waals surface area contributed by atoms with Crippen LogP contribution < -0.4 is 26.1 Å². The highest BCUT2D eigenvalue weighted by Gasteiger charge is 2.19. The van der Waals surface area contributed by atoms with Crippen molar-refractivity contribution < 1.29 is 23.7 Å². The van der Waals surface area contributed by atoms with Crippen LogP contribution in [0.25, 0.3) is 0 Å². The third-order valence-electron chi connectivity index (χ3n) is 4.22. The summed E-state index contributed by atoms with van der Waals surface area (Å²) >= 11 is 0. The van der Waals surface area contributed by atoms with E-state index in [0.29, 0.717) is 19.0 Å². The number of carbonyl (C=O) groups is 2. The molecule has 0 heterocycles. The van der Waals surface area contributed by atoms with Gasteiger partial charge in [0.15, 0.2) is 5.03 Å². The van der Waals surface area contributed by atoms with E-state index in [4.69, 9.17) is 10.1 Å². The van der Waals surface area contributed by atoms with Gasteiger partial charge in [-0.3, -0.25) is 20.3 Å². The van der Waals surface area contributed by atoms with E-state index in [2.05, 4.69) is 24.5 Å². The van der Waals surface area contributed by atoms with E-state index in [1.54, 1.807) is 0 Å². The van der Waals surface area contributed by atoms with E-state index < -0.39 is 34.7 Å². The average Bonchev–Trinajstić information content (AvgIpc) is 2.68. The maximum absolute atomic E-state index is 13.6. The molecular formula is C19H29FN6O5. The number of amides is 2. The molecule has 11 nitrogen and oxygen atoms in total. The first-order chi connectivity index (χ1) is 14.6. The third-order valence-corrected chi connectivity index (χ3v) is 4.22. The number of guanidine groups is 1. The predicted molar refractivity (Wildman–Crippen MR) is 112 cm³/mol. The SMILES string of the molecule is COc1ccc(F)cc1C(=O)N[C@H](CCC(=O)NC(=N)N[N+](=O)[O-])CNCCC(C)C. The number of halogens is 1. The molecule has 1 atom stereocenters. The fourth-order valence-corrected chi connectivity index (χ4v) is 2.64. The highest BCUT2D eigenvalue weighted by atomic mass is 19.1. The highest BCUT2D eigenvalue weighted by molar-refractivity contribution is 5.97. The van der Waals surface area contributed by atoms with Gasteiger partial charge in [-0.05, 0) is 43.5 Å². The van der Waals surface area contributed by atoms with E-state index in [1.165, 1.54) is 24.7 Å². The second kappa shape index (κ2) is 13.1. The van der Waals surface area contributed by atoms with Crippen molar-refractivity contribution in [3.05, 3.63) is 39.7 Å². The van der Waals surface area contributed by atoms with Gasteiger partial charge in [0, 0.05) is 19.0 Å². The van der Waals surface area contributed by atoms with Gasteiger partial charge in [-0.15, -0.1) is 0 Å². The van der Waals surface area contributed by atoms with E-state index in [1.807, 2.05) is 5.32 Å². The highest BCUT2D eigenvalue weighted by Crippen LogP contribution is 2.19. The van der Waals surface area contributed by atoms with Crippen LogP contribution in [0.15, 0.2) is 18.2 Å². The summed E-state index contributed by atoms with van der Waals surface area (Å²) in [7, 11) is 1.37. The lowest BCUT2D eigenvalue weighted by atomic mass is 10.1. The summed E-state index contributed by atoms with van der Waals surface area (Å²) in [6, 6.07) is 3.10. The lowest BCUT2D eigenvalue weighted by Gasteiger charge is -2.20. The fourth-order valence-electron chi connectivity index (χ4n) is 2.64. The molecule has 0 spiro atoms. The van der Waals surface area contributed by atoms with E-state index in [0.717, 1.165) is 12.5 Å². The number of methoxy groups -OCH3 is 1. The molecule has 12 heteroatoms. The Labute approximate surface area is 179 Å². The van der Waals surface area contributed by atoms with Gasteiger partial charge >= 0.3 is 0 Å². The maximum Gasteiger partial charge on any atom is 0.258 e. The van der Waals surface area contributed by atoms with Crippen LogP contribution in [-0.2, 0) is 4.79 Å². The lowest BCUT2D eigenvalue weighted by Crippen LogP contribution is -2.45. The van der Waals surface area contributed by atoms with Crippen molar-refractivity contribution >= 4 is 17.8 Å². The van der Waals surface area contributed by atoms with Crippen LogP contribution in [-0.4, -0.2) is 49.0 Å². The standard InChI is InChI=1S/C19H29FN6O5/c1-12(2)8-9-22-11-14(5-7-17(27)24-19(21)25-26(29)30)23-18(28)15-10-13(20)4-6-16(15)31-3/h4,6,10,12,14,22H,5,7-9,11H2,1-3H3,(H,23,28)(H3,21,24,25,27)/t14-/m1/s1. The second-order valence-electron chi connectivity index (χ2n) is 7.23. The quantitative estimate of drug-likeness (QED) is 0.107. The summed E-state index contributed by atoms with van der Waals surface area (Å²) in [6.45, 7) is 5.22. The minimum absolute atomic E-state index is 0.0242. The summed E-state index contributed by atoms with van der Waals surface area (Å²) in [6.07, 6.45) is 1.01. The summed E-state index contributed by atoms with van der Waals surface area (Å²) < 4.78 is 18.7. The predicted octanol–water partition coefficient (Wildman–Crippen LogP) is 1.18. The average molecular weight is 440 g/mol. The normalized spacial score (nSPS) is 11.5. The molecule has 0 fully saturated rings. The smallest absolute Gasteiger partial charge is 0.258 e. The Morgan fingerprint density at radius 1 is 1.29 bits per heavy atom. The Balaban J connectivity index is 2.75. The van der Waals surface area contributed by atoms with Crippen LogP contribution in [0.2, 0.25) is 0 Å². The minimum atomic E-state index is -0.962. The molecule has 31 heavy (non-hydrogen) atoms. The Kier molecular flexibility index (Phi) is 10.9. The van der Waals surface area contributed by atoms with Crippen LogP contribution >= 0.6 is 0 Å². The zero-order valence-electron chi connectivity index (χ0n) is 17.8. The maximum atomic E-state index is 13.6. The van der Waals surface area contributed by atoms with E-state index >= 15 is 0 Å². The van der Waals surface area contributed by atoms with Crippen LogP contribution in [0.4, 0.5) is 4.39 Å². The minimum Gasteiger partial charge on any atom is -0.496 e. The van der Waals surface area contributed by atoms with Gasteiger partial charge in [0.25, 0.3) is 11.9 Å². The van der Waals surface area contributed by atoms with Crippen molar-refractivity contribution in [1.82, 2.24) is 21.4 Å². The number of nitrogens with zero attached hydrogens (tertiary/aromatic N) is 1. The van der Waals surface area contributed by atoms with Crippen molar-refractivity contribution in [3.63, 3.8) is 0 Å². The summed E-state index contributed by atoms with van der Waals surface area (Å²) in [5, 5.41) is 24.6. The molecular weight excluding hydrogens is 411 g/mol. The zero-order valence-corrected chi connectivity index (χ0v) is 17.8. The Morgan fingerprint density at radius 3 is 2.61 bits per heavy atom. The number of nitro groups is 1. The molecule has 0 bridgehead atoms. The number of ether oxygens (including phenoxy) is 1. The molecule has 1 rings (SSSR count). The van der Waals surface area contributed by atoms with Crippen LogP contribution in [0.1, 0.15) is 43.5 Å². The van der Waals surface area contributed by atoms with Crippen LogP contribution in [0.3, 0.4) is 0 Å². The molecule has 2 amide bonds. The number of hydrogen-bond acceptors (Lipinski definition) is 7. The molecule has 0 saturated carbocycles. The lowest BCUT2D eigenvalue weighted by molar-refractivity contribution is -0.525. The van der Waals surface area contributed by atoms with Crippen LogP contribution in [0.5, 0.6) is 5.75 Å². The molecule has 1 aromatic rings. The molecule has 0 aromatic heterocycles. The number of hydrazine groups is 1. The Bertz CT molecular complexity index is 789. The topological polar surface area (TPSA) is 158 Å². The van der Waals surface area contributed by atoms with Gasteiger partial charge < -0.3 is 15.4 Å². The largest absolute Gasteiger partial charge is 0.496 e. The molecule has 0 aliphatic rings. The molecule has 0 radical (unpaired) electrons. The number of nitrogens with one attached hydrogen (secondary N) is 5. The van der Waals surface area contributed by atoms with Crippen molar-refractivity contribution in [3.8, 4) is 5.75 Å². The van der Waals surface area contributed by atoms with Gasteiger partial charge in [-0.2, -0.15) is 0 Å². The van der Waals surface area contributed by atoms with Gasteiger partial charge in [0.1, 0.15) is 11.6 Å². The molecule has 0 aliphatic carbocycles. The van der Waals surface area contributed by atoms with E-state index in [-0.39, 0.29) is 24.2 Å². The first kappa shape index (κ1) is 25.8. The zero-order chi connectivity index (χ0) is 23.4. The number of benzene rings is 1. The van der Waals surface area contributed by atoms with Gasteiger partial charge in [0.05, 0.1) is 12.7 Å². The number of hydrogen-bond donors (Lipinski definition) is 5. The first-order valence-electron chi connectivity index (χ1n) is 9.77. The molecule has 1 aromatic carbocycles. The molecule has 0 saturated heterocycles. The number of rotatable bonds is 12. The van der Waals surface area contributed by atoms with E-state index in [9.17, 15) is 24.1 Å². The second-order valence-corrected chi connectivity index (χ2v) is 7.23. The monoisotopic (exact) mass is 440 g/mol. The summed E-state index contributed by atoms with van der Waals surface area (Å²) in [5.74, 6) is -1.83. The Morgan fingerprint density at radius 2 is 2.00 bits per heavy atom. The molecule has 0 aliphatic heterocycles. The van der Waals surface area contributed by atoms with Crippen LogP contribution in [0, 0.1) is 27.3 Å². The first-order valence-corrected chi connectivity index (χ1v) is 9.77. The number of carbonyl (C=O) groups excluding carboxylic acids is 2. The summed E-state index contributed by atoms with van der Waals surface area (Å²) in [5.41, 5.74) is 1.55. The molecule has 172 valence electrons. The summed E-state index contributed by atoms with van der Waals surface area (Å²) in [4.78, 5) is 34.9. The van der Waals surface area contributed by atoms with Crippen molar-refractivity contribution in [2.45, 2.75) is 39.2 Å². The fraction of sp³-hybridized carbons (Fsp3) is 0.526. The van der Waals surface area contributed by atoms with Crippen molar-refractivity contribution in [1.29, 1.82) is 5.41 Å². The van der Waals surface area contributed by atoms with Crippen molar-refractivity contribution in [2.24, 2.45) is 5.92 Å². The molecule has 5 N–H and O–H groups in total. The Hall–Kier alpha value is -3.28. The third kappa shape index (κ3) is 10.3. The van der Waals surface area contributed by atoms with Gasteiger partial charge in [-0.1, -0.05) is 19.3 Å². The molecule has 0 unspecified atom stereocenters. The van der Waals surface area contributed by atoms with Gasteiger partial charge in [-0.25, -0.2) is 14.5 Å². The van der Waals surface area contributed by atoms with Gasteiger partial charge in [0.2, 0.25) is 5.91 Å². The van der Waals surface area contributed by atoms with Crippen molar-refractivity contribution in [2.75, 3.05) is 20.2 Å².